The summed E-state index contributed by atoms with van der Waals surface area (Å²) in [6.07, 6.45) is 3.52. The van der Waals surface area contributed by atoms with Gasteiger partial charge in [0.2, 0.25) is 0 Å². The number of anilines is 1. The molecule has 1 N–H and O–H groups in total. The maximum atomic E-state index is 4.34. The van der Waals surface area contributed by atoms with E-state index in [-0.39, 0.29) is 0 Å². The Morgan fingerprint density at radius 1 is 1.44 bits per heavy atom. The van der Waals surface area contributed by atoms with Gasteiger partial charge in [-0.3, -0.25) is 9.97 Å². The van der Waals surface area contributed by atoms with E-state index >= 15 is 0 Å². The van der Waals surface area contributed by atoms with Crippen LogP contribution in [0.2, 0.25) is 0 Å². The van der Waals surface area contributed by atoms with Gasteiger partial charge in [-0.25, -0.2) is 0 Å². The van der Waals surface area contributed by atoms with E-state index in [1.807, 2.05) is 12.1 Å². The summed E-state index contributed by atoms with van der Waals surface area (Å²) in [5.74, 6) is 0. The zero-order valence-electron chi connectivity index (χ0n) is 8.37. The van der Waals surface area contributed by atoms with Crippen molar-refractivity contribution in [2.24, 2.45) is 0 Å². The Hall–Kier alpha value is -0.940. The van der Waals surface area contributed by atoms with Gasteiger partial charge in [-0.05, 0) is 28.1 Å². The number of pyridine rings is 2. The van der Waals surface area contributed by atoms with Crippen molar-refractivity contribution in [3.05, 3.63) is 40.1 Å². The summed E-state index contributed by atoms with van der Waals surface area (Å²) in [6.45, 7) is 4.44. The fourth-order valence-corrected chi connectivity index (χ4v) is 1.80. The smallest absolute Gasteiger partial charge is 0.112 e. The summed E-state index contributed by atoms with van der Waals surface area (Å²) in [6, 6.07) is 3.84. The Labute approximate surface area is 110 Å². The van der Waals surface area contributed by atoms with Crippen LogP contribution in [0.15, 0.2) is 40.1 Å². The van der Waals surface area contributed by atoms with Crippen molar-refractivity contribution in [1.29, 1.82) is 0 Å². The van der Waals surface area contributed by atoms with Crippen LogP contribution in [0.4, 0.5) is 5.69 Å². The molecule has 2 heterocycles. The minimum absolute atomic E-state index is 0.664. The van der Waals surface area contributed by atoms with Crippen molar-refractivity contribution in [3.8, 4) is 0 Å². The average Bonchev–Trinajstić information content (AvgIpc) is 2.25. The maximum Gasteiger partial charge on any atom is 0.112 e. The summed E-state index contributed by atoms with van der Waals surface area (Å²) in [5, 5.41) is 3.24. The molecule has 0 fully saturated rings. The molecule has 0 saturated carbocycles. The second-order valence-electron chi connectivity index (χ2n) is 3.25. The first-order chi connectivity index (χ1) is 7.66. The number of fused-ring (bicyclic) bond motifs is 1. The fraction of sp³-hybridized carbons (Fsp3) is 0.0909. The molecule has 0 aliphatic rings. The van der Waals surface area contributed by atoms with Gasteiger partial charge in [0.05, 0.1) is 11.2 Å². The molecule has 5 heteroatoms. The van der Waals surface area contributed by atoms with Crippen molar-refractivity contribution in [3.63, 3.8) is 0 Å². The zero-order valence-corrected chi connectivity index (χ0v) is 11.5. The van der Waals surface area contributed by atoms with Crippen molar-refractivity contribution in [2.75, 3.05) is 11.9 Å². The Morgan fingerprint density at radius 3 is 3.00 bits per heavy atom. The topological polar surface area (TPSA) is 37.8 Å². The second-order valence-corrected chi connectivity index (χ2v) is 5.29. The van der Waals surface area contributed by atoms with Gasteiger partial charge in [0.25, 0.3) is 0 Å². The standard InChI is InChI=1S/C11H9Br2N3/c1-7(12)5-15-9-2-3-14-10-4-8(13)6-16-11(9)10/h2-4,6H,1,5H2,(H,14,15). The Balaban J connectivity index is 2.41. The van der Waals surface area contributed by atoms with E-state index in [2.05, 4.69) is 53.7 Å². The summed E-state index contributed by atoms with van der Waals surface area (Å²) in [7, 11) is 0. The number of nitrogens with one attached hydrogen (secondary N) is 1. The SMILES string of the molecule is C=C(Br)CNc1ccnc2cc(Br)cnc12. The highest BCUT2D eigenvalue weighted by molar-refractivity contribution is 9.11. The minimum atomic E-state index is 0.664. The molecule has 16 heavy (non-hydrogen) atoms. The average molecular weight is 343 g/mol. The highest BCUT2D eigenvalue weighted by Crippen LogP contribution is 2.22. The Morgan fingerprint density at radius 2 is 2.25 bits per heavy atom. The predicted molar refractivity (Wildman–Crippen MR) is 73.8 cm³/mol. The lowest BCUT2D eigenvalue weighted by molar-refractivity contribution is 1.28. The lowest BCUT2D eigenvalue weighted by atomic mass is 10.3. The Kier molecular flexibility index (Phi) is 3.56. The summed E-state index contributed by atoms with van der Waals surface area (Å²) >= 11 is 6.68. The first-order valence-corrected chi connectivity index (χ1v) is 6.23. The molecular formula is C11H9Br2N3. The second kappa shape index (κ2) is 4.93. The van der Waals surface area contributed by atoms with Crippen molar-refractivity contribution in [2.45, 2.75) is 0 Å². The normalized spacial score (nSPS) is 10.4. The number of hydrogen-bond acceptors (Lipinski definition) is 3. The van der Waals surface area contributed by atoms with Gasteiger partial charge in [0.1, 0.15) is 5.52 Å². The molecule has 0 atom stereocenters. The van der Waals surface area contributed by atoms with E-state index in [1.54, 1.807) is 12.4 Å². The number of aromatic nitrogens is 2. The molecule has 3 nitrogen and oxygen atoms in total. The molecule has 0 spiro atoms. The molecule has 2 aromatic heterocycles. The highest BCUT2D eigenvalue weighted by atomic mass is 79.9. The lowest BCUT2D eigenvalue weighted by Crippen LogP contribution is -2.02. The third-order valence-corrected chi connectivity index (χ3v) is 2.73. The van der Waals surface area contributed by atoms with Crippen LogP contribution in [0.25, 0.3) is 11.0 Å². The first kappa shape index (κ1) is 11.5. The number of rotatable bonds is 3. The van der Waals surface area contributed by atoms with Crippen molar-refractivity contribution in [1.82, 2.24) is 9.97 Å². The first-order valence-electron chi connectivity index (χ1n) is 4.64. The van der Waals surface area contributed by atoms with Crippen LogP contribution in [0.3, 0.4) is 0 Å². The van der Waals surface area contributed by atoms with Crippen LogP contribution < -0.4 is 5.32 Å². The summed E-state index contributed by atoms with van der Waals surface area (Å²) < 4.78 is 1.82. The predicted octanol–water partition coefficient (Wildman–Crippen LogP) is 3.71. The van der Waals surface area contributed by atoms with Crippen LogP contribution in [0, 0.1) is 0 Å². The minimum Gasteiger partial charge on any atom is -0.379 e. The maximum absolute atomic E-state index is 4.34. The summed E-state index contributed by atoms with van der Waals surface area (Å²) in [5.41, 5.74) is 2.68. The molecular weight excluding hydrogens is 334 g/mol. The number of halogens is 2. The lowest BCUT2D eigenvalue weighted by Gasteiger charge is -2.07. The zero-order chi connectivity index (χ0) is 11.5. The van der Waals surface area contributed by atoms with Gasteiger partial charge in [-0.15, -0.1) is 0 Å². The quantitative estimate of drug-likeness (QED) is 0.923. The third-order valence-electron chi connectivity index (χ3n) is 2.01. The molecule has 2 rings (SSSR count). The third kappa shape index (κ3) is 2.59. The largest absolute Gasteiger partial charge is 0.379 e. The van der Waals surface area contributed by atoms with Crippen LogP contribution in [0.5, 0.6) is 0 Å². The molecule has 82 valence electrons. The Bertz CT molecular complexity index is 540. The number of nitrogens with zero attached hydrogens (tertiary/aromatic N) is 2. The van der Waals surface area contributed by atoms with Crippen LogP contribution >= 0.6 is 31.9 Å². The molecule has 0 unspecified atom stereocenters. The van der Waals surface area contributed by atoms with Crippen molar-refractivity contribution >= 4 is 48.6 Å². The molecule has 0 bridgehead atoms. The molecule has 0 aliphatic carbocycles. The van der Waals surface area contributed by atoms with E-state index in [1.165, 1.54) is 0 Å². The molecule has 0 aliphatic heterocycles. The molecule has 0 amide bonds. The van der Waals surface area contributed by atoms with Crippen LogP contribution in [-0.4, -0.2) is 16.5 Å². The monoisotopic (exact) mass is 341 g/mol. The fourth-order valence-electron chi connectivity index (χ4n) is 1.34. The number of hydrogen-bond donors (Lipinski definition) is 1. The van der Waals surface area contributed by atoms with E-state index < -0.39 is 0 Å². The summed E-state index contributed by atoms with van der Waals surface area (Å²) in [4.78, 5) is 8.60. The molecule has 2 aromatic rings. The van der Waals surface area contributed by atoms with Gasteiger partial charge in [-0.1, -0.05) is 22.5 Å². The van der Waals surface area contributed by atoms with Crippen LogP contribution in [0.1, 0.15) is 0 Å². The van der Waals surface area contributed by atoms with Gasteiger partial charge in [-0.2, -0.15) is 0 Å². The van der Waals surface area contributed by atoms with E-state index in [0.717, 1.165) is 25.7 Å². The van der Waals surface area contributed by atoms with Crippen LogP contribution in [-0.2, 0) is 0 Å². The molecule has 0 radical (unpaired) electrons. The highest BCUT2D eigenvalue weighted by Gasteiger charge is 2.03. The van der Waals surface area contributed by atoms with Gasteiger partial charge in [0, 0.05) is 27.9 Å². The molecule has 0 aromatic carbocycles. The molecule has 0 saturated heterocycles. The van der Waals surface area contributed by atoms with Gasteiger partial charge >= 0.3 is 0 Å². The van der Waals surface area contributed by atoms with Crippen molar-refractivity contribution < 1.29 is 0 Å². The van der Waals surface area contributed by atoms with Gasteiger partial charge < -0.3 is 5.32 Å². The van der Waals surface area contributed by atoms with E-state index in [4.69, 9.17) is 0 Å². The van der Waals surface area contributed by atoms with E-state index in [9.17, 15) is 0 Å². The van der Waals surface area contributed by atoms with Gasteiger partial charge in [0.15, 0.2) is 0 Å². The van der Waals surface area contributed by atoms with E-state index in [0.29, 0.717) is 6.54 Å².